The Balaban J connectivity index is 4.16. The summed E-state index contributed by atoms with van der Waals surface area (Å²) in [5.41, 5.74) is 0. The van der Waals surface area contributed by atoms with Crippen LogP contribution in [0, 0.1) is 5.25 Å². The average Bonchev–Trinajstić information content (AvgIpc) is 3.49. The lowest BCUT2D eigenvalue weighted by Gasteiger charge is -2.25. The van der Waals surface area contributed by atoms with Crippen LogP contribution in [0.4, 0.5) is 0 Å². The van der Waals surface area contributed by atoms with Crippen molar-refractivity contribution in [2.45, 2.75) is 495 Å². The Bertz CT molecular complexity index is 1060. The average molecular weight is 1190 g/mol. The molecule has 1 radical (unpaired) electrons. The Labute approximate surface area is 532 Å². The summed E-state index contributed by atoms with van der Waals surface area (Å²) in [6.07, 6.45) is 110. The lowest BCUT2D eigenvalue weighted by molar-refractivity contribution is 0.515. The van der Waals surface area contributed by atoms with Crippen molar-refractivity contribution in [1.29, 1.82) is 0 Å². The highest BCUT2D eigenvalue weighted by Gasteiger charge is 2.21. The first-order valence-corrected chi connectivity index (χ1v) is 42.1. The van der Waals surface area contributed by atoms with Crippen LogP contribution in [0.2, 0.25) is 0 Å². The second kappa shape index (κ2) is 77.8. The molecule has 0 aliphatic rings. The highest BCUT2D eigenvalue weighted by Crippen LogP contribution is 2.38. The first-order chi connectivity index (χ1) is 40.8. The molecule has 1 atom stereocenters. The smallest absolute Gasteiger partial charge is 0.0435 e. The molecule has 0 amide bonds. The van der Waals surface area contributed by atoms with E-state index in [1.165, 1.54) is 474 Å². The molecule has 0 aromatic rings. The Morgan fingerprint density at radius 1 is 0.195 bits per heavy atom. The van der Waals surface area contributed by atoms with E-state index in [-0.39, 0.29) is 0 Å². The van der Waals surface area contributed by atoms with Crippen LogP contribution in [-0.2, 0) is 0 Å². The molecule has 0 spiro atoms. The Hall–Kier alpha value is 0.700. The summed E-state index contributed by atoms with van der Waals surface area (Å²) < 4.78 is 0. The summed E-state index contributed by atoms with van der Waals surface area (Å²) in [6, 6.07) is 0. The summed E-state index contributed by atoms with van der Waals surface area (Å²) in [5, 5.41) is 2.68. The van der Waals surface area contributed by atoms with E-state index < -0.39 is 0 Å². The molecule has 0 aliphatic heterocycles. The quantitative estimate of drug-likeness (QED) is 0.0557. The minimum atomic E-state index is 0.791. The van der Waals surface area contributed by atoms with Gasteiger partial charge in [0.15, 0.2) is 0 Å². The van der Waals surface area contributed by atoms with Gasteiger partial charge in [0.05, 0.1) is 0 Å². The largest absolute Gasteiger partial charge is 0.161 e. The van der Waals surface area contributed by atoms with Gasteiger partial charge in [0.25, 0.3) is 0 Å². The van der Waals surface area contributed by atoms with Crippen molar-refractivity contribution in [1.82, 2.24) is 0 Å². The van der Waals surface area contributed by atoms with Gasteiger partial charge in [-0.1, -0.05) is 470 Å². The van der Waals surface area contributed by atoms with Gasteiger partial charge in [-0.05, 0) is 31.3 Å². The van der Waals surface area contributed by atoms with Crippen LogP contribution in [0.3, 0.4) is 0 Å². The molecule has 0 saturated carbocycles. The van der Waals surface area contributed by atoms with E-state index in [0.717, 1.165) is 5.25 Å². The SMILES string of the molecule is CCCCCCCCCCCCCCCCCCCCCCCCCCCS[C](CCCCCCCCCCCCCCCCCCCCCCCCCCC)C(CCCCCCCCCCCCCCCCCCCCCCC)SC. The standard InChI is InChI=1S/C80H161S2/c1-5-8-11-14-17-20-23-26-29-32-35-38-40-42-44-47-50-53-56-59-62-65-68-71-74-77-80(79(81-4)76-73-70-67-64-61-58-55-52-49-46-37-34-31-28-25-22-19-16-13-10-7-3)82-78-75-72-69-66-63-60-57-54-51-48-45-43-41-39-36-33-30-27-24-21-18-15-12-9-6-2/h79H,5-78H2,1-4H3. The van der Waals surface area contributed by atoms with Gasteiger partial charge in [0.1, 0.15) is 0 Å². The first kappa shape index (κ1) is 82.7. The highest BCUT2D eigenvalue weighted by atomic mass is 32.2. The van der Waals surface area contributed by atoms with Gasteiger partial charge in [0, 0.05) is 10.5 Å². The topological polar surface area (TPSA) is 0 Å². The van der Waals surface area contributed by atoms with Gasteiger partial charge in [-0.3, -0.25) is 0 Å². The summed E-state index contributed by atoms with van der Waals surface area (Å²) in [5.74, 6) is 1.38. The molecule has 0 aromatic heterocycles. The van der Waals surface area contributed by atoms with Crippen molar-refractivity contribution in [3.63, 3.8) is 0 Å². The minimum Gasteiger partial charge on any atom is -0.161 e. The molecule has 0 nitrogen and oxygen atoms in total. The van der Waals surface area contributed by atoms with Crippen molar-refractivity contribution < 1.29 is 0 Å². The second-order valence-corrected chi connectivity index (χ2v) is 29.9. The highest BCUT2D eigenvalue weighted by molar-refractivity contribution is 8.05. The zero-order chi connectivity index (χ0) is 58.9. The van der Waals surface area contributed by atoms with E-state index >= 15 is 0 Å². The van der Waals surface area contributed by atoms with Gasteiger partial charge in [-0.25, -0.2) is 0 Å². The predicted molar refractivity (Wildman–Crippen MR) is 387 cm³/mol. The van der Waals surface area contributed by atoms with E-state index in [2.05, 4.69) is 50.6 Å². The summed E-state index contributed by atoms with van der Waals surface area (Å²) in [6.45, 7) is 6.96. The van der Waals surface area contributed by atoms with Crippen LogP contribution < -0.4 is 0 Å². The van der Waals surface area contributed by atoms with Gasteiger partial charge < -0.3 is 0 Å². The maximum absolute atomic E-state index is 2.43. The molecule has 0 bridgehead atoms. The summed E-state index contributed by atoms with van der Waals surface area (Å²) in [7, 11) is 0. The zero-order valence-corrected chi connectivity index (χ0v) is 59.9. The van der Waals surface area contributed by atoms with Crippen molar-refractivity contribution >= 4 is 23.5 Å². The molecule has 0 aromatic carbocycles. The predicted octanol–water partition coefficient (Wildman–Crippen LogP) is 31.5. The van der Waals surface area contributed by atoms with Crippen molar-refractivity contribution in [2.24, 2.45) is 0 Å². The van der Waals surface area contributed by atoms with E-state index in [4.69, 9.17) is 0 Å². The fraction of sp³-hybridized carbons (Fsp3) is 0.988. The molecule has 0 saturated heterocycles. The molecular weight excluding hydrogens is 1030 g/mol. The van der Waals surface area contributed by atoms with Crippen LogP contribution in [-0.4, -0.2) is 17.3 Å². The Morgan fingerprint density at radius 2 is 0.354 bits per heavy atom. The maximum Gasteiger partial charge on any atom is 0.0435 e. The molecular formula is C80H161S2. The third-order valence-corrected chi connectivity index (χ3v) is 21.9. The van der Waals surface area contributed by atoms with E-state index in [1.807, 2.05) is 5.25 Å². The fourth-order valence-electron chi connectivity index (χ4n) is 13.4. The van der Waals surface area contributed by atoms with E-state index in [0.29, 0.717) is 0 Å². The van der Waals surface area contributed by atoms with E-state index in [9.17, 15) is 0 Å². The van der Waals surface area contributed by atoms with Gasteiger partial charge in [-0.2, -0.15) is 23.5 Å². The third-order valence-electron chi connectivity index (χ3n) is 19.3. The van der Waals surface area contributed by atoms with Crippen LogP contribution in [0.1, 0.15) is 489 Å². The van der Waals surface area contributed by atoms with Crippen LogP contribution in [0.5, 0.6) is 0 Å². The molecule has 0 heterocycles. The zero-order valence-electron chi connectivity index (χ0n) is 58.2. The Morgan fingerprint density at radius 3 is 0.537 bits per heavy atom. The minimum absolute atomic E-state index is 0.791. The normalized spacial score (nSPS) is 12.3. The van der Waals surface area contributed by atoms with Crippen molar-refractivity contribution in [3.8, 4) is 0 Å². The number of thioether (sulfide) groups is 2. The molecule has 493 valence electrons. The van der Waals surface area contributed by atoms with Crippen LogP contribution in [0.15, 0.2) is 0 Å². The monoisotopic (exact) mass is 1190 g/mol. The van der Waals surface area contributed by atoms with E-state index in [1.54, 1.807) is 0 Å². The molecule has 2 heteroatoms. The van der Waals surface area contributed by atoms with Gasteiger partial charge in [0.2, 0.25) is 0 Å². The number of unbranched alkanes of at least 4 members (excludes halogenated alkanes) is 68. The van der Waals surface area contributed by atoms with Gasteiger partial charge >= 0.3 is 0 Å². The molecule has 0 fully saturated rings. The second-order valence-electron chi connectivity index (χ2n) is 27.6. The third kappa shape index (κ3) is 71.5. The lowest BCUT2D eigenvalue weighted by Crippen LogP contribution is -2.13. The fourth-order valence-corrected chi connectivity index (χ4v) is 15.9. The summed E-state index contributed by atoms with van der Waals surface area (Å²) in [4.78, 5) is 0. The summed E-state index contributed by atoms with van der Waals surface area (Å²) >= 11 is 4.53. The molecule has 0 rings (SSSR count). The van der Waals surface area contributed by atoms with Gasteiger partial charge in [-0.15, -0.1) is 0 Å². The number of hydrogen-bond acceptors (Lipinski definition) is 2. The molecule has 0 N–H and O–H groups in total. The van der Waals surface area contributed by atoms with Crippen molar-refractivity contribution in [2.75, 3.05) is 12.0 Å². The van der Waals surface area contributed by atoms with Crippen LogP contribution >= 0.6 is 23.5 Å². The lowest BCUT2D eigenvalue weighted by atomic mass is 10.0. The Kier molecular flexibility index (Phi) is 78.5. The van der Waals surface area contributed by atoms with Crippen LogP contribution in [0.25, 0.3) is 0 Å². The van der Waals surface area contributed by atoms with Crippen molar-refractivity contribution in [3.05, 3.63) is 5.25 Å². The molecule has 82 heavy (non-hydrogen) atoms. The maximum atomic E-state index is 2.43. The number of hydrogen-bond donors (Lipinski definition) is 0. The molecule has 1 unspecified atom stereocenters. The first-order valence-electron chi connectivity index (χ1n) is 39.8. The number of rotatable bonds is 77. The molecule has 0 aliphatic carbocycles.